The van der Waals surface area contributed by atoms with Gasteiger partial charge in [0, 0.05) is 10.6 Å². The van der Waals surface area contributed by atoms with E-state index in [0.717, 1.165) is 5.56 Å². The Kier molecular flexibility index (Phi) is 3.26. The number of rotatable bonds is 3. The molecule has 0 saturated carbocycles. The molecule has 2 heterocycles. The third kappa shape index (κ3) is 2.49. The summed E-state index contributed by atoms with van der Waals surface area (Å²) in [7, 11) is 0. The number of benzene rings is 1. The van der Waals surface area contributed by atoms with E-state index in [0.29, 0.717) is 18.2 Å². The van der Waals surface area contributed by atoms with E-state index in [1.807, 2.05) is 31.2 Å². The normalized spacial score (nSPS) is 26.7. The second-order valence-electron chi connectivity index (χ2n) is 4.59. The Hall–Kier alpha value is -1.43. The predicted molar refractivity (Wildman–Crippen MR) is 69.7 cm³/mol. The lowest BCUT2D eigenvalue weighted by atomic mass is 10.1. The van der Waals surface area contributed by atoms with E-state index < -0.39 is 5.79 Å². The molecule has 0 aliphatic carbocycles. The quantitative estimate of drug-likeness (QED) is 0.864. The summed E-state index contributed by atoms with van der Waals surface area (Å²) in [5.74, 6) is -0.822. The van der Waals surface area contributed by atoms with Crippen molar-refractivity contribution in [3.05, 3.63) is 47.5 Å². The molecule has 0 bridgehead atoms. The first-order valence-corrected chi connectivity index (χ1v) is 6.46. The molecule has 0 radical (unpaired) electrons. The minimum atomic E-state index is -0.822. The van der Waals surface area contributed by atoms with Gasteiger partial charge in [-0.05, 0) is 19.1 Å². The molecule has 1 aliphatic rings. The van der Waals surface area contributed by atoms with Gasteiger partial charge in [-0.25, -0.2) is 9.67 Å². The van der Waals surface area contributed by atoms with Gasteiger partial charge < -0.3 is 9.47 Å². The van der Waals surface area contributed by atoms with Gasteiger partial charge in [-0.15, -0.1) is 0 Å². The molecular formula is C13H14ClN3O2. The van der Waals surface area contributed by atoms with Crippen LogP contribution in [0, 0.1) is 0 Å². The van der Waals surface area contributed by atoms with Gasteiger partial charge in [-0.1, -0.05) is 23.7 Å². The molecule has 5 nitrogen and oxygen atoms in total. The molecule has 19 heavy (non-hydrogen) atoms. The van der Waals surface area contributed by atoms with Gasteiger partial charge in [0.1, 0.15) is 19.2 Å². The van der Waals surface area contributed by atoms with Crippen LogP contribution in [0.1, 0.15) is 12.5 Å². The Balaban J connectivity index is 1.95. The largest absolute Gasteiger partial charge is 0.342 e. The molecule has 3 rings (SSSR count). The lowest BCUT2D eigenvalue weighted by molar-refractivity contribution is -0.186. The first-order valence-electron chi connectivity index (χ1n) is 6.08. The molecule has 6 heteroatoms. The van der Waals surface area contributed by atoms with E-state index in [1.165, 1.54) is 6.33 Å². The van der Waals surface area contributed by atoms with Crippen LogP contribution < -0.4 is 0 Å². The van der Waals surface area contributed by atoms with Crippen molar-refractivity contribution >= 4 is 11.6 Å². The molecule has 0 amide bonds. The third-order valence-corrected chi connectivity index (χ3v) is 3.32. The van der Waals surface area contributed by atoms with Gasteiger partial charge in [0.25, 0.3) is 0 Å². The SMILES string of the molecule is C[C@@H]1CO[C@](Cn2cncn2)(c2ccc(Cl)cc2)O1. The van der Waals surface area contributed by atoms with Crippen LogP contribution in [0.2, 0.25) is 5.02 Å². The van der Waals surface area contributed by atoms with Gasteiger partial charge in [0.05, 0.1) is 12.7 Å². The molecule has 1 fully saturated rings. The average Bonchev–Trinajstić information content (AvgIpc) is 3.01. The maximum absolute atomic E-state index is 5.99. The fraction of sp³-hybridized carbons (Fsp3) is 0.385. The van der Waals surface area contributed by atoms with Crippen LogP contribution in [0.3, 0.4) is 0 Å². The Morgan fingerprint density at radius 1 is 1.42 bits per heavy atom. The number of hydrogen-bond donors (Lipinski definition) is 0. The fourth-order valence-electron chi connectivity index (χ4n) is 2.20. The van der Waals surface area contributed by atoms with E-state index in [1.54, 1.807) is 11.0 Å². The highest BCUT2D eigenvalue weighted by Gasteiger charge is 2.42. The molecular weight excluding hydrogens is 266 g/mol. The summed E-state index contributed by atoms with van der Waals surface area (Å²) >= 11 is 5.93. The monoisotopic (exact) mass is 279 g/mol. The van der Waals surface area contributed by atoms with Crippen LogP contribution in [0.15, 0.2) is 36.9 Å². The average molecular weight is 280 g/mol. The summed E-state index contributed by atoms with van der Waals surface area (Å²) in [6, 6.07) is 7.49. The summed E-state index contributed by atoms with van der Waals surface area (Å²) in [4.78, 5) is 3.94. The van der Waals surface area contributed by atoms with Gasteiger partial charge in [-0.2, -0.15) is 5.10 Å². The molecule has 2 atom stereocenters. The fourth-order valence-corrected chi connectivity index (χ4v) is 2.33. The molecule has 0 unspecified atom stereocenters. The van der Waals surface area contributed by atoms with Crippen LogP contribution in [-0.4, -0.2) is 27.5 Å². The molecule has 1 aromatic carbocycles. The Labute approximate surface area is 116 Å². The summed E-state index contributed by atoms with van der Waals surface area (Å²) in [5.41, 5.74) is 0.928. The number of aromatic nitrogens is 3. The maximum Gasteiger partial charge on any atom is 0.215 e. The van der Waals surface area contributed by atoms with Crippen molar-refractivity contribution in [2.75, 3.05) is 6.61 Å². The highest BCUT2D eigenvalue weighted by molar-refractivity contribution is 6.30. The van der Waals surface area contributed by atoms with Crippen molar-refractivity contribution < 1.29 is 9.47 Å². The van der Waals surface area contributed by atoms with Crippen LogP contribution >= 0.6 is 11.6 Å². The van der Waals surface area contributed by atoms with E-state index in [9.17, 15) is 0 Å². The van der Waals surface area contributed by atoms with Crippen molar-refractivity contribution in [1.82, 2.24) is 14.8 Å². The lowest BCUT2D eigenvalue weighted by Gasteiger charge is -2.28. The molecule has 1 saturated heterocycles. The number of ether oxygens (including phenoxy) is 2. The minimum Gasteiger partial charge on any atom is -0.342 e. The first-order chi connectivity index (χ1) is 9.18. The maximum atomic E-state index is 5.99. The third-order valence-electron chi connectivity index (χ3n) is 3.06. The summed E-state index contributed by atoms with van der Waals surface area (Å²) < 4.78 is 13.6. The number of halogens is 1. The Bertz CT molecular complexity index is 544. The summed E-state index contributed by atoms with van der Waals surface area (Å²) in [5, 5.41) is 4.80. The highest BCUT2D eigenvalue weighted by atomic mass is 35.5. The van der Waals surface area contributed by atoms with Crippen molar-refractivity contribution in [2.24, 2.45) is 0 Å². The van der Waals surface area contributed by atoms with Crippen molar-refractivity contribution in [3.63, 3.8) is 0 Å². The standard InChI is InChI=1S/C13H14ClN3O2/c1-10-6-18-13(19-10,7-17-9-15-8-16-17)11-2-4-12(14)5-3-11/h2-5,8-10H,6-7H2,1H3/t10-,13+/m1/s1. The predicted octanol–water partition coefficient (Wildman–Crippen LogP) is 2.22. The van der Waals surface area contributed by atoms with Crippen LogP contribution in [0.5, 0.6) is 0 Å². The molecule has 0 N–H and O–H groups in total. The van der Waals surface area contributed by atoms with Gasteiger partial charge in [-0.3, -0.25) is 0 Å². The molecule has 0 spiro atoms. The zero-order chi connectivity index (χ0) is 13.3. The summed E-state index contributed by atoms with van der Waals surface area (Å²) in [6.07, 6.45) is 3.18. The second-order valence-corrected chi connectivity index (χ2v) is 5.03. The van der Waals surface area contributed by atoms with E-state index in [-0.39, 0.29) is 6.10 Å². The second kappa shape index (κ2) is 4.92. The van der Waals surface area contributed by atoms with Crippen molar-refractivity contribution in [3.8, 4) is 0 Å². The molecule has 100 valence electrons. The van der Waals surface area contributed by atoms with Crippen LogP contribution in [0.25, 0.3) is 0 Å². The van der Waals surface area contributed by atoms with E-state index >= 15 is 0 Å². The van der Waals surface area contributed by atoms with E-state index in [2.05, 4.69) is 10.1 Å². The smallest absolute Gasteiger partial charge is 0.215 e. The lowest BCUT2D eigenvalue weighted by Crippen LogP contribution is -2.33. The van der Waals surface area contributed by atoms with Gasteiger partial charge in [0.2, 0.25) is 5.79 Å². The van der Waals surface area contributed by atoms with Crippen LogP contribution in [-0.2, 0) is 21.8 Å². The van der Waals surface area contributed by atoms with Crippen LogP contribution in [0.4, 0.5) is 0 Å². The Morgan fingerprint density at radius 2 is 2.21 bits per heavy atom. The highest BCUT2D eigenvalue weighted by Crippen LogP contribution is 2.36. The Morgan fingerprint density at radius 3 is 2.79 bits per heavy atom. The summed E-state index contributed by atoms with van der Waals surface area (Å²) in [6.45, 7) is 3.00. The zero-order valence-electron chi connectivity index (χ0n) is 10.5. The first kappa shape index (κ1) is 12.6. The number of nitrogens with zero attached hydrogens (tertiary/aromatic N) is 3. The topological polar surface area (TPSA) is 49.2 Å². The van der Waals surface area contributed by atoms with E-state index in [4.69, 9.17) is 21.1 Å². The molecule has 2 aromatic rings. The van der Waals surface area contributed by atoms with Gasteiger partial charge in [0.15, 0.2) is 0 Å². The number of hydrogen-bond acceptors (Lipinski definition) is 4. The zero-order valence-corrected chi connectivity index (χ0v) is 11.2. The molecule has 1 aliphatic heterocycles. The van der Waals surface area contributed by atoms with Crippen molar-refractivity contribution in [2.45, 2.75) is 25.4 Å². The molecule has 1 aromatic heterocycles. The van der Waals surface area contributed by atoms with Gasteiger partial charge >= 0.3 is 0 Å². The van der Waals surface area contributed by atoms with Crippen molar-refractivity contribution in [1.29, 1.82) is 0 Å². The minimum absolute atomic E-state index is 0.0409.